The third kappa shape index (κ3) is 9.73. The molecule has 0 fully saturated rings. The van der Waals surface area contributed by atoms with Crippen LogP contribution in [0.25, 0.3) is 0 Å². The zero-order valence-corrected chi connectivity index (χ0v) is 10.00. The molecule has 0 aromatic heterocycles. The predicted molar refractivity (Wildman–Crippen MR) is 61.0 cm³/mol. The quantitative estimate of drug-likeness (QED) is 0.570. The Labute approximate surface area is 92.8 Å². The molecule has 0 saturated heterocycles. The first kappa shape index (κ1) is 14.4. The van der Waals surface area contributed by atoms with Gasteiger partial charge in [-0.2, -0.15) is 0 Å². The second-order valence-corrected chi connectivity index (χ2v) is 3.97. The van der Waals surface area contributed by atoms with Crippen LogP contribution in [-0.4, -0.2) is 23.8 Å². The molecule has 0 radical (unpaired) electrons. The normalized spacial score (nSPS) is 12.7. The van der Waals surface area contributed by atoms with Crippen LogP contribution < -0.4 is 0 Å². The fraction of sp³-hybridized carbons (Fsp3) is 0.917. The molecule has 0 aliphatic rings. The molecule has 1 N–H and O–H groups in total. The van der Waals surface area contributed by atoms with Gasteiger partial charge in [-0.1, -0.05) is 45.4 Å². The molecule has 0 saturated carbocycles. The van der Waals surface area contributed by atoms with Gasteiger partial charge in [0.1, 0.15) is 0 Å². The van der Waals surface area contributed by atoms with Gasteiger partial charge in [-0.15, -0.1) is 0 Å². The van der Waals surface area contributed by atoms with Crippen LogP contribution >= 0.6 is 0 Å². The highest BCUT2D eigenvalue weighted by molar-refractivity contribution is 5.71. The Hall–Kier alpha value is -0.570. The molecule has 3 nitrogen and oxygen atoms in total. The fourth-order valence-electron chi connectivity index (χ4n) is 1.39. The average molecular weight is 216 g/mol. The second kappa shape index (κ2) is 9.97. The standard InChI is InChI=1S/C12H24O3/c1-3-4-5-6-7-8-9-10-15-11(2)12(13)14/h11H,3-10H2,1-2H3,(H,13,14)/t11-/m0/s1. The first-order valence-corrected chi connectivity index (χ1v) is 6.03. The van der Waals surface area contributed by atoms with Gasteiger partial charge in [-0.25, -0.2) is 4.79 Å². The minimum absolute atomic E-state index is 0.571. The Morgan fingerprint density at radius 1 is 1.13 bits per heavy atom. The number of ether oxygens (including phenoxy) is 1. The van der Waals surface area contributed by atoms with Gasteiger partial charge in [0, 0.05) is 6.61 Å². The maximum absolute atomic E-state index is 10.4. The largest absolute Gasteiger partial charge is 0.479 e. The Bertz CT molecular complexity index is 157. The molecule has 0 aromatic carbocycles. The van der Waals surface area contributed by atoms with Gasteiger partial charge >= 0.3 is 5.97 Å². The number of rotatable bonds is 10. The molecule has 90 valence electrons. The minimum Gasteiger partial charge on any atom is -0.479 e. The lowest BCUT2D eigenvalue weighted by Crippen LogP contribution is -2.20. The van der Waals surface area contributed by atoms with E-state index in [2.05, 4.69) is 6.92 Å². The van der Waals surface area contributed by atoms with E-state index in [1.807, 2.05) is 0 Å². The summed E-state index contributed by atoms with van der Waals surface area (Å²) in [4.78, 5) is 10.4. The number of hydrogen-bond acceptors (Lipinski definition) is 2. The predicted octanol–water partition coefficient (Wildman–Crippen LogP) is 3.23. The number of carboxylic acid groups (broad SMARTS) is 1. The van der Waals surface area contributed by atoms with Gasteiger partial charge in [-0.05, 0) is 13.3 Å². The molecule has 0 amide bonds. The summed E-state index contributed by atoms with van der Waals surface area (Å²) in [6.45, 7) is 4.35. The van der Waals surface area contributed by atoms with Crippen LogP contribution in [0.1, 0.15) is 58.8 Å². The van der Waals surface area contributed by atoms with E-state index in [1.165, 1.54) is 32.1 Å². The van der Waals surface area contributed by atoms with E-state index in [0.717, 1.165) is 12.8 Å². The molecule has 0 aromatic rings. The van der Waals surface area contributed by atoms with Crippen LogP contribution in [0.4, 0.5) is 0 Å². The smallest absolute Gasteiger partial charge is 0.332 e. The molecule has 0 bridgehead atoms. The second-order valence-electron chi connectivity index (χ2n) is 3.97. The Balaban J connectivity index is 3.08. The lowest BCUT2D eigenvalue weighted by molar-refractivity contribution is -0.149. The van der Waals surface area contributed by atoms with Gasteiger partial charge < -0.3 is 9.84 Å². The molecule has 0 aliphatic heterocycles. The molecule has 0 rings (SSSR count). The van der Waals surface area contributed by atoms with Gasteiger partial charge in [0.05, 0.1) is 0 Å². The first-order chi connectivity index (χ1) is 7.18. The van der Waals surface area contributed by atoms with Crippen molar-refractivity contribution >= 4 is 5.97 Å². The molecular weight excluding hydrogens is 192 g/mol. The molecule has 3 heteroatoms. The molecule has 0 unspecified atom stereocenters. The van der Waals surface area contributed by atoms with Gasteiger partial charge in [0.25, 0.3) is 0 Å². The van der Waals surface area contributed by atoms with Crippen LogP contribution in [0, 0.1) is 0 Å². The summed E-state index contributed by atoms with van der Waals surface area (Å²) in [5, 5.41) is 8.56. The molecule has 0 aliphatic carbocycles. The number of carboxylic acids is 1. The third-order valence-corrected chi connectivity index (χ3v) is 2.46. The first-order valence-electron chi connectivity index (χ1n) is 6.03. The van der Waals surface area contributed by atoms with Gasteiger partial charge in [0.2, 0.25) is 0 Å². The van der Waals surface area contributed by atoms with Crippen LogP contribution in [0.2, 0.25) is 0 Å². The van der Waals surface area contributed by atoms with Crippen LogP contribution in [-0.2, 0) is 9.53 Å². The van der Waals surface area contributed by atoms with Crippen molar-refractivity contribution in [3.8, 4) is 0 Å². The Morgan fingerprint density at radius 2 is 1.67 bits per heavy atom. The highest BCUT2D eigenvalue weighted by atomic mass is 16.5. The van der Waals surface area contributed by atoms with Crippen LogP contribution in [0.5, 0.6) is 0 Å². The van der Waals surface area contributed by atoms with E-state index in [4.69, 9.17) is 9.84 Å². The lowest BCUT2D eigenvalue weighted by Gasteiger charge is -2.07. The van der Waals surface area contributed by atoms with Crippen molar-refractivity contribution in [1.29, 1.82) is 0 Å². The summed E-state index contributed by atoms with van der Waals surface area (Å²) >= 11 is 0. The number of carbonyl (C=O) groups is 1. The van der Waals surface area contributed by atoms with E-state index in [0.29, 0.717) is 6.61 Å². The van der Waals surface area contributed by atoms with E-state index >= 15 is 0 Å². The lowest BCUT2D eigenvalue weighted by atomic mass is 10.1. The van der Waals surface area contributed by atoms with Crippen molar-refractivity contribution < 1.29 is 14.6 Å². The Morgan fingerprint density at radius 3 is 2.20 bits per heavy atom. The molecule has 1 atom stereocenters. The van der Waals surface area contributed by atoms with Crippen molar-refractivity contribution in [1.82, 2.24) is 0 Å². The van der Waals surface area contributed by atoms with Crippen molar-refractivity contribution in [3.05, 3.63) is 0 Å². The number of unbranched alkanes of at least 4 members (excludes halogenated alkanes) is 6. The summed E-state index contributed by atoms with van der Waals surface area (Å²) in [6.07, 6.45) is 7.92. The SMILES string of the molecule is CCCCCCCCCO[C@@H](C)C(=O)O. The summed E-state index contributed by atoms with van der Waals surface area (Å²) in [6, 6.07) is 0. The van der Waals surface area contributed by atoms with Crippen molar-refractivity contribution in [2.45, 2.75) is 64.9 Å². The van der Waals surface area contributed by atoms with Crippen LogP contribution in [0.3, 0.4) is 0 Å². The zero-order valence-electron chi connectivity index (χ0n) is 10.00. The average Bonchev–Trinajstić information content (AvgIpc) is 2.21. The zero-order chi connectivity index (χ0) is 11.5. The van der Waals surface area contributed by atoms with E-state index in [-0.39, 0.29) is 0 Å². The third-order valence-electron chi connectivity index (χ3n) is 2.46. The molecular formula is C12H24O3. The van der Waals surface area contributed by atoms with Crippen molar-refractivity contribution in [3.63, 3.8) is 0 Å². The summed E-state index contributed by atoms with van der Waals surface area (Å²) in [5.74, 6) is -0.877. The topological polar surface area (TPSA) is 46.5 Å². The summed E-state index contributed by atoms with van der Waals surface area (Å²) < 4.78 is 5.13. The highest BCUT2D eigenvalue weighted by Crippen LogP contribution is 2.07. The Kier molecular flexibility index (Phi) is 9.59. The minimum atomic E-state index is -0.877. The van der Waals surface area contributed by atoms with E-state index in [1.54, 1.807) is 6.92 Å². The van der Waals surface area contributed by atoms with Gasteiger partial charge in [0.15, 0.2) is 6.10 Å². The maximum Gasteiger partial charge on any atom is 0.332 e. The maximum atomic E-state index is 10.4. The molecule has 0 heterocycles. The van der Waals surface area contributed by atoms with Gasteiger partial charge in [-0.3, -0.25) is 0 Å². The van der Waals surface area contributed by atoms with Crippen LogP contribution in [0.15, 0.2) is 0 Å². The molecule has 0 spiro atoms. The fourth-order valence-corrected chi connectivity index (χ4v) is 1.39. The number of hydrogen-bond donors (Lipinski definition) is 1. The van der Waals surface area contributed by atoms with E-state index < -0.39 is 12.1 Å². The molecule has 15 heavy (non-hydrogen) atoms. The highest BCUT2D eigenvalue weighted by Gasteiger charge is 2.09. The number of aliphatic carboxylic acids is 1. The van der Waals surface area contributed by atoms with E-state index in [9.17, 15) is 4.79 Å². The monoisotopic (exact) mass is 216 g/mol. The van der Waals surface area contributed by atoms with Crippen molar-refractivity contribution in [2.24, 2.45) is 0 Å². The van der Waals surface area contributed by atoms with Crippen molar-refractivity contribution in [2.75, 3.05) is 6.61 Å². The summed E-state index contributed by atoms with van der Waals surface area (Å²) in [7, 11) is 0. The summed E-state index contributed by atoms with van der Waals surface area (Å²) in [5.41, 5.74) is 0.